The Balaban J connectivity index is 2.22. The van der Waals surface area contributed by atoms with Crippen molar-refractivity contribution in [2.75, 3.05) is 0 Å². The van der Waals surface area contributed by atoms with Crippen LogP contribution in [0, 0.1) is 5.92 Å². The SMILES string of the molecule is CC1=NC2C(C=CN2C(C)C)C=N1. The van der Waals surface area contributed by atoms with Crippen LogP contribution in [0.4, 0.5) is 0 Å². The molecule has 0 fully saturated rings. The van der Waals surface area contributed by atoms with Crippen LogP contribution >= 0.6 is 0 Å². The first-order valence-corrected chi connectivity index (χ1v) is 4.73. The average molecular weight is 177 g/mol. The van der Waals surface area contributed by atoms with Crippen LogP contribution in [0.2, 0.25) is 0 Å². The summed E-state index contributed by atoms with van der Waals surface area (Å²) in [6.45, 7) is 6.32. The molecule has 3 nitrogen and oxygen atoms in total. The first-order chi connectivity index (χ1) is 6.18. The van der Waals surface area contributed by atoms with E-state index >= 15 is 0 Å². The van der Waals surface area contributed by atoms with Gasteiger partial charge in [0.15, 0.2) is 0 Å². The molecule has 2 heterocycles. The van der Waals surface area contributed by atoms with E-state index < -0.39 is 0 Å². The lowest BCUT2D eigenvalue weighted by atomic mass is 10.1. The summed E-state index contributed by atoms with van der Waals surface area (Å²) in [6, 6.07) is 0.509. The highest BCUT2D eigenvalue weighted by atomic mass is 15.3. The molecule has 0 bridgehead atoms. The molecule has 0 N–H and O–H groups in total. The minimum atomic E-state index is 0.262. The van der Waals surface area contributed by atoms with Gasteiger partial charge < -0.3 is 4.90 Å². The molecule has 13 heavy (non-hydrogen) atoms. The van der Waals surface area contributed by atoms with Crippen LogP contribution in [-0.4, -0.2) is 29.2 Å². The van der Waals surface area contributed by atoms with E-state index in [9.17, 15) is 0 Å². The summed E-state index contributed by atoms with van der Waals surface area (Å²) in [5.41, 5.74) is 0. The van der Waals surface area contributed by atoms with Gasteiger partial charge in [-0.1, -0.05) is 6.08 Å². The molecule has 2 aliphatic rings. The monoisotopic (exact) mass is 177 g/mol. The number of hydrogen-bond donors (Lipinski definition) is 0. The first-order valence-electron chi connectivity index (χ1n) is 4.73. The molecule has 0 aromatic rings. The normalized spacial score (nSPS) is 31.1. The highest BCUT2D eigenvalue weighted by molar-refractivity contribution is 5.91. The largest absolute Gasteiger partial charge is 0.353 e. The van der Waals surface area contributed by atoms with Crippen molar-refractivity contribution in [3.05, 3.63) is 12.3 Å². The summed E-state index contributed by atoms with van der Waals surface area (Å²) in [7, 11) is 0. The minimum Gasteiger partial charge on any atom is -0.353 e. The van der Waals surface area contributed by atoms with Crippen LogP contribution in [0.25, 0.3) is 0 Å². The Morgan fingerprint density at radius 3 is 2.92 bits per heavy atom. The maximum atomic E-state index is 4.53. The second-order valence-electron chi connectivity index (χ2n) is 3.83. The highest BCUT2D eigenvalue weighted by Crippen LogP contribution is 2.25. The Kier molecular flexibility index (Phi) is 1.94. The van der Waals surface area contributed by atoms with Crippen LogP contribution in [0.15, 0.2) is 22.3 Å². The number of fused-ring (bicyclic) bond motifs is 1. The summed E-state index contributed by atoms with van der Waals surface area (Å²) in [6.07, 6.45) is 6.56. The lowest BCUT2D eigenvalue weighted by Crippen LogP contribution is -2.37. The van der Waals surface area contributed by atoms with Gasteiger partial charge in [-0.15, -0.1) is 0 Å². The molecule has 0 amide bonds. The second-order valence-corrected chi connectivity index (χ2v) is 3.83. The summed E-state index contributed by atoms with van der Waals surface area (Å²) in [4.78, 5) is 11.0. The number of rotatable bonds is 1. The van der Waals surface area contributed by atoms with Crippen LogP contribution < -0.4 is 0 Å². The predicted octanol–water partition coefficient (Wildman–Crippen LogP) is 1.67. The van der Waals surface area contributed by atoms with Crippen molar-refractivity contribution < 1.29 is 0 Å². The molecule has 0 spiro atoms. The molecule has 0 aromatic heterocycles. The van der Waals surface area contributed by atoms with Gasteiger partial charge >= 0.3 is 0 Å². The molecule has 2 unspecified atom stereocenters. The van der Waals surface area contributed by atoms with Gasteiger partial charge in [0.05, 0.1) is 5.92 Å². The van der Waals surface area contributed by atoms with Crippen molar-refractivity contribution in [3.63, 3.8) is 0 Å². The Labute approximate surface area is 78.9 Å². The molecule has 0 aromatic carbocycles. The Hall–Kier alpha value is -1.12. The van der Waals surface area contributed by atoms with E-state index in [0.29, 0.717) is 12.0 Å². The number of hydrogen-bond acceptors (Lipinski definition) is 3. The molecule has 2 atom stereocenters. The molecule has 0 saturated heterocycles. The third-order valence-corrected chi connectivity index (χ3v) is 2.48. The second kappa shape index (κ2) is 2.98. The number of amidine groups is 1. The fourth-order valence-electron chi connectivity index (χ4n) is 1.76. The van der Waals surface area contributed by atoms with Gasteiger partial charge in [-0.3, -0.25) is 0 Å². The van der Waals surface area contributed by atoms with E-state index in [1.165, 1.54) is 0 Å². The van der Waals surface area contributed by atoms with Gasteiger partial charge in [-0.2, -0.15) is 0 Å². The van der Waals surface area contributed by atoms with Crippen molar-refractivity contribution in [2.24, 2.45) is 15.9 Å². The van der Waals surface area contributed by atoms with Crippen LogP contribution in [0.5, 0.6) is 0 Å². The molecule has 2 aliphatic heterocycles. The highest BCUT2D eigenvalue weighted by Gasteiger charge is 2.30. The lowest BCUT2D eigenvalue weighted by molar-refractivity contribution is 0.239. The van der Waals surface area contributed by atoms with Crippen LogP contribution in [-0.2, 0) is 0 Å². The third kappa shape index (κ3) is 1.39. The molecular formula is C10H15N3. The van der Waals surface area contributed by atoms with Gasteiger partial charge in [0.2, 0.25) is 0 Å². The molecule has 3 heteroatoms. The van der Waals surface area contributed by atoms with Gasteiger partial charge in [0, 0.05) is 12.3 Å². The Morgan fingerprint density at radius 1 is 1.46 bits per heavy atom. The van der Waals surface area contributed by atoms with E-state index in [-0.39, 0.29) is 6.17 Å². The predicted molar refractivity (Wildman–Crippen MR) is 55.0 cm³/mol. The maximum absolute atomic E-state index is 4.53. The van der Waals surface area contributed by atoms with Crippen LogP contribution in [0.3, 0.4) is 0 Å². The van der Waals surface area contributed by atoms with Gasteiger partial charge in [0.1, 0.15) is 12.0 Å². The molecule has 0 saturated carbocycles. The smallest absolute Gasteiger partial charge is 0.134 e. The van der Waals surface area contributed by atoms with E-state index in [4.69, 9.17) is 0 Å². The molecular weight excluding hydrogens is 162 g/mol. The van der Waals surface area contributed by atoms with E-state index in [2.05, 4.69) is 41.0 Å². The molecule has 70 valence electrons. The molecule has 2 rings (SSSR count). The number of nitrogens with zero attached hydrogens (tertiary/aromatic N) is 3. The van der Waals surface area contributed by atoms with Crippen LogP contribution in [0.1, 0.15) is 20.8 Å². The van der Waals surface area contributed by atoms with Gasteiger partial charge in [-0.25, -0.2) is 9.98 Å². The summed E-state index contributed by atoms with van der Waals surface area (Å²) < 4.78 is 0. The third-order valence-electron chi connectivity index (χ3n) is 2.48. The van der Waals surface area contributed by atoms with E-state index in [0.717, 1.165) is 5.84 Å². The standard InChI is InChI=1S/C10H15N3/c1-7(2)13-5-4-9-6-11-8(3)12-10(9)13/h4-7,9-10H,1-3H3. The Morgan fingerprint density at radius 2 is 2.23 bits per heavy atom. The van der Waals surface area contributed by atoms with Crippen molar-refractivity contribution in [2.45, 2.75) is 33.0 Å². The van der Waals surface area contributed by atoms with Crippen molar-refractivity contribution >= 4 is 12.1 Å². The fourth-order valence-corrected chi connectivity index (χ4v) is 1.76. The van der Waals surface area contributed by atoms with Crippen molar-refractivity contribution in [1.29, 1.82) is 0 Å². The molecule has 0 radical (unpaired) electrons. The zero-order chi connectivity index (χ0) is 9.42. The average Bonchev–Trinajstić information content (AvgIpc) is 2.46. The summed E-state index contributed by atoms with van der Waals surface area (Å²) in [5.74, 6) is 1.27. The van der Waals surface area contributed by atoms with Crippen molar-refractivity contribution in [1.82, 2.24) is 4.90 Å². The fraction of sp³-hybridized carbons (Fsp3) is 0.600. The quantitative estimate of drug-likeness (QED) is 0.598. The summed E-state index contributed by atoms with van der Waals surface area (Å²) >= 11 is 0. The van der Waals surface area contributed by atoms with Gasteiger partial charge in [-0.05, 0) is 27.0 Å². The lowest BCUT2D eigenvalue weighted by Gasteiger charge is -2.30. The molecule has 0 aliphatic carbocycles. The minimum absolute atomic E-state index is 0.262. The van der Waals surface area contributed by atoms with Gasteiger partial charge in [0.25, 0.3) is 0 Å². The first kappa shape index (κ1) is 8.48. The number of aliphatic imine (C=N–C) groups is 2. The van der Waals surface area contributed by atoms with E-state index in [1.807, 2.05) is 13.1 Å². The van der Waals surface area contributed by atoms with Crippen molar-refractivity contribution in [3.8, 4) is 0 Å². The Bertz CT molecular complexity index is 289. The summed E-state index contributed by atoms with van der Waals surface area (Å²) in [5, 5.41) is 0. The zero-order valence-corrected chi connectivity index (χ0v) is 8.31. The van der Waals surface area contributed by atoms with E-state index in [1.54, 1.807) is 0 Å². The topological polar surface area (TPSA) is 28.0 Å². The zero-order valence-electron chi connectivity index (χ0n) is 8.31. The maximum Gasteiger partial charge on any atom is 0.134 e.